The number of halogens is 1. The Balaban J connectivity index is 1.76. The standard InChI is InChI=1S/C18H12ClN3O3S/c19-17-16(22-26(23,24)13-5-2-1-3-6-13)9-12(10-21-17)15-11-25-18-14(15)7-4-8-20-18/h1-11,22H. The monoisotopic (exact) mass is 385 g/mol. The van der Waals surface area contributed by atoms with Crippen molar-refractivity contribution in [2.24, 2.45) is 0 Å². The molecule has 26 heavy (non-hydrogen) atoms. The van der Waals surface area contributed by atoms with Gasteiger partial charge in [-0.3, -0.25) is 4.72 Å². The van der Waals surface area contributed by atoms with E-state index in [9.17, 15) is 8.42 Å². The number of benzene rings is 1. The molecule has 0 aliphatic carbocycles. The van der Waals surface area contributed by atoms with Crippen molar-refractivity contribution in [1.82, 2.24) is 9.97 Å². The summed E-state index contributed by atoms with van der Waals surface area (Å²) in [7, 11) is -3.77. The molecule has 0 fully saturated rings. The Morgan fingerprint density at radius 3 is 2.65 bits per heavy atom. The molecule has 0 aliphatic rings. The molecule has 0 unspecified atom stereocenters. The van der Waals surface area contributed by atoms with E-state index in [-0.39, 0.29) is 15.7 Å². The molecule has 4 aromatic rings. The lowest BCUT2D eigenvalue weighted by molar-refractivity contribution is 0.601. The van der Waals surface area contributed by atoms with E-state index in [2.05, 4.69) is 14.7 Å². The van der Waals surface area contributed by atoms with Gasteiger partial charge in [0.25, 0.3) is 10.0 Å². The van der Waals surface area contributed by atoms with Crippen molar-refractivity contribution in [3.63, 3.8) is 0 Å². The highest BCUT2D eigenvalue weighted by Crippen LogP contribution is 2.33. The minimum absolute atomic E-state index is 0.0548. The molecule has 0 bridgehead atoms. The maximum Gasteiger partial charge on any atom is 0.261 e. The van der Waals surface area contributed by atoms with Crippen LogP contribution in [0.5, 0.6) is 0 Å². The first-order chi connectivity index (χ1) is 12.5. The fraction of sp³-hybridized carbons (Fsp3) is 0. The van der Waals surface area contributed by atoms with E-state index in [1.807, 2.05) is 6.07 Å². The molecule has 6 nitrogen and oxygen atoms in total. The van der Waals surface area contributed by atoms with Crippen LogP contribution in [0.2, 0.25) is 5.15 Å². The average Bonchev–Trinajstić information content (AvgIpc) is 3.08. The van der Waals surface area contributed by atoms with Crippen molar-refractivity contribution in [3.05, 3.63) is 72.3 Å². The zero-order valence-electron chi connectivity index (χ0n) is 13.3. The van der Waals surface area contributed by atoms with Crippen LogP contribution < -0.4 is 4.72 Å². The number of aromatic nitrogens is 2. The summed E-state index contributed by atoms with van der Waals surface area (Å²) in [5, 5.41) is 0.854. The summed E-state index contributed by atoms with van der Waals surface area (Å²) in [5.74, 6) is 0. The van der Waals surface area contributed by atoms with Crippen molar-refractivity contribution in [3.8, 4) is 11.1 Å². The Morgan fingerprint density at radius 1 is 1.04 bits per heavy atom. The molecular formula is C18H12ClN3O3S. The average molecular weight is 386 g/mol. The van der Waals surface area contributed by atoms with Crippen LogP contribution in [-0.2, 0) is 10.0 Å². The fourth-order valence-electron chi connectivity index (χ4n) is 2.56. The van der Waals surface area contributed by atoms with Gasteiger partial charge in [-0.1, -0.05) is 29.8 Å². The Morgan fingerprint density at radius 2 is 1.85 bits per heavy atom. The number of sulfonamides is 1. The molecule has 1 N–H and O–H groups in total. The van der Waals surface area contributed by atoms with E-state index in [1.165, 1.54) is 12.1 Å². The van der Waals surface area contributed by atoms with Crippen molar-refractivity contribution < 1.29 is 12.8 Å². The third-order valence-corrected chi connectivity index (χ3v) is 5.48. The first-order valence-corrected chi connectivity index (χ1v) is 9.47. The molecule has 0 aliphatic heterocycles. The van der Waals surface area contributed by atoms with E-state index in [0.717, 1.165) is 10.9 Å². The molecule has 3 heterocycles. The minimum Gasteiger partial charge on any atom is -0.445 e. The quantitative estimate of drug-likeness (QED) is 0.528. The highest BCUT2D eigenvalue weighted by atomic mass is 35.5. The summed E-state index contributed by atoms with van der Waals surface area (Å²) in [5.41, 5.74) is 2.08. The van der Waals surface area contributed by atoms with Crippen LogP contribution in [0.25, 0.3) is 22.2 Å². The van der Waals surface area contributed by atoms with Crippen molar-refractivity contribution >= 4 is 38.4 Å². The maximum atomic E-state index is 12.5. The van der Waals surface area contributed by atoms with Gasteiger partial charge in [-0.05, 0) is 30.3 Å². The fourth-order valence-corrected chi connectivity index (χ4v) is 3.85. The molecule has 0 amide bonds. The van der Waals surface area contributed by atoms with Gasteiger partial charge in [0.15, 0.2) is 5.15 Å². The number of hydrogen-bond acceptors (Lipinski definition) is 5. The van der Waals surface area contributed by atoms with Gasteiger partial charge in [-0.2, -0.15) is 0 Å². The second-order valence-electron chi connectivity index (χ2n) is 5.49. The zero-order valence-corrected chi connectivity index (χ0v) is 14.8. The van der Waals surface area contributed by atoms with E-state index in [0.29, 0.717) is 11.3 Å². The second kappa shape index (κ2) is 6.44. The van der Waals surface area contributed by atoms with Crippen molar-refractivity contribution in [1.29, 1.82) is 0 Å². The molecule has 3 aromatic heterocycles. The van der Waals surface area contributed by atoms with Gasteiger partial charge in [-0.25, -0.2) is 18.4 Å². The lowest BCUT2D eigenvalue weighted by Gasteiger charge is -2.10. The molecule has 4 rings (SSSR count). The predicted octanol–water partition coefficient (Wildman–Crippen LogP) is 4.34. The molecule has 130 valence electrons. The normalized spacial score (nSPS) is 11.6. The molecule has 8 heteroatoms. The topological polar surface area (TPSA) is 85.1 Å². The summed E-state index contributed by atoms with van der Waals surface area (Å²) in [6, 6.07) is 13.3. The third kappa shape index (κ3) is 3.02. The number of anilines is 1. The van der Waals surface area contributed by atoms with Gasteiger partial charge in [0.05, 0.1) is 10.6 Å². The maximum absolute atomic E-state index is 12.5. The van der Waals surface area contributed by atoms with Gasteiger partial charge in [0.2, 0.25) is 5.71 Å². The van der Waals surface area contributed by atoms with Crippen LogP contribution in [0.3, 0.4) is 0 Å². The minimum atomic E-state index is -3.77. The molecule has 0 saturated carbocycles. The SMILES string of the molecule is O=S(=O)(Nc1cc(-c2coc3ncccc23)cnc1Cl)c1ccccc1. The number of pyridine rings is 2. The van der Waals surface area contributed by atoms with Gasteiger partial charge in [-0.15, -0.1) is 0 Å². The third-order valence-electron chi connectivity index (χ3n) is 3.80. The van der Waals surface area contributed by atoms with E-state index < -0.39 is 10.0 Å². The first kappa shape index (κ1) is 16.6. The smallest absolute Gasteiger partial charge is 0.261 e. The Hall–Kier alpha value is -2.90. The highest BCUT2D eigenvalue weighted by molar-refractivity contribution is 7.92. The van der Waals surface area contributed by atoms with E-state index in [4.69, 9.17) is 16.0 Å². The van der Waals surface area contributed by atoms with Crippen LogP contribution in [-0.4, -0.2) is 18.4 Å². The van der Waals surface area contributed by atoms with E-state index in [1.54, 1.807) is 49.0 Å². The van der Waals surface area contributed by atoms with E-state index >= 15 is 0 Å². The largest absolute Gasteiger partial charge is 0.445 e. The number of rotatable bonds is 4. The highest BCUT2D eigenvalue weighted by Gasteiger charge is 2.17. The van der Waals surface area contributed by atoms with Crippen molar-refractivity contribution in [2.45, 2.75) is 4.90 Å². The summed E-state index contributed by atoms with van der Waals surface area (Å²) in [6.45, 7) is 0. The zero-order chi connectivity index (χ0) is 18.1. The molecular weight excluding hydrogens is 374 g/mol. The number of nitrogens with zero attached hydrogens (tertiary/aromatic N) is 2. The van der Waals surface area contributed by atoms with Crippen LogP contribution in [0.1, 0.15) is 0 Å². The molecule has 0 radical (unpaired) electrons. The summed E-state index contributed by atoms with van der Waals surface area (Å²) in [4.78, 5) is 8.38. The van der Waals surface area contributed by atoms with Gasteiger partial charge < -0.3 is 4.42 Å². The lowest BCUT2D eigenvalue weighted by atomic mass is 10.1. The first-order valence-electron chi connectivity index (χ1n) is 7.60. The Labute approximate surface area is 154 Å². The molecule has 0 atom stereocenters. The summed E-state index contributed by atoms with van der Waals surface area (Å²) < 4.78 is 33.0. The molecule has 0 spiro atoms. The predicted molar refractivity (Wildman–Crippen MR) is 99.5 cm³/mol. The van der Waals surface area contributed by atoms with Crippen LogP contribution in [0, 0.1) is 0 Å². The van der Waals surface area contributed by atoms with Crippen LogP contribution >= 0.6 is 11.6 Å². The molecule has 0 saturated heterocycles. The number of furan rings is 1. The van der Waals surface area contributed by atoms with Crippen molar-refractivity contribution in [2.75, 3.05) is 4.72 Å². The number of fused-ring (bicyclic) bond motifs is 1. The van der Waals surface area contributed by atoms with Gasteiger partial charge in [0.1, 0.15) is 6.26 Å². The van der Waals surface area contributed by atoms with Crippen LogP contribution in [0.4, 0.5) is 5.69 Å². The molecule has 1 aromatic carbocycles. The van der Waals surface area contributed by atoms with Gasteiger partial charge in [0, 0.05) is 28.9 Å². The second-order valence-corrected chi connectivity index (χ2v) is 7.53. The lowest BCUT2D eigenvalue weighted by Crippen LogP contribution is -2.13. The Kier molecular flexibility index (Phi) is 4.10. The summed E-state index contributed by atoms with van der Waals surface area (Å²) in [6.07, 6.45) is 4.74. The van der Waals surface area contributed by atoms with Gasteiger partial charge >= 0.3 is 0 Å². The Bertz CT molecular complexity index is 1190. The number of hydrogen-bond donors (Lipinski definition) is 1. The number of nitrogens with one attached hydrogen (secondary N) is 1. The van der Waals surface area contributed by atoms with Crippen LogP contribution in [0.15, 0.2) is 76.5 Å². The summed E-state index contributed by atoms with van der Waals surface area (Å²) >= 11 is 6.10.